The van der Waals surface area contributed by atoms with Gasteiger partial charge in [-0.05, 0) is 32.9 Å². The van der Waals surface area contributed by atoms with Crippen molar-refractivity contribution in [3.05, 3.63) is 18.0 Å². The molecule has 0 aromatic carbocycles. The maximum absolute atomic E-state index is 11.7. The summed E-state index contributed by atoms with van der Waals surface area (Å²) in [5, 5.41) is 2.89. The second-order valence-electron chi connectivity index (χ2n) is 6.79. The van der Waals surface area contributed by atoms with Gasteiger partial charge >= 0.3 is 0 Å². The fourth-order valence-electron chi connectivity index (χ4n) is 3.30. The number of pyridine rings is 1. The van der Waals surface area contributed by atoms with Crippen LogP contribution in [-0.2, 0) is 4.79 Å². The number of aromatic nitrogens is 1. The van der Waals surface area contributed by atoms with Crippen molar-refractivity contribution in [1.29, 1.82) is 0 Å². The fraction of sp³-hybridized carbons (Fsp3) is 0.684. The highest BCUT2D eigenvalue weighted by Crippen LogP contribution is 2.36. The number of likely N-dealkylation sites (tertiary alicyclic amines) is 1. The van der Waals surface area contributed by atoms with Gasteiger partial charge in [0.05, 0.1) is 18.4 Å². The highest BCUT2D eigenvalue weighted by molar-refractivity contribution is 5.75. The molecule has 0 bridgehead atoms. The van der Waals surface area contributed by atoms with Crippen LogP contribution in [-0.4, -0.2) is 42.5 Å². The summed E-state index contributed by atoms with van der Waals surface area (Å²) in [6.07, 6.45) is 10.8. The smallest absolute Gasteiger partial charge is 0.220 e. The van der Waals surface area contributed by atoms with Crippen molar-refractivity contribution in [2.75, 3.05) is 32.5 Å². The number of anilines is 1. The molecule has 6 nitrogen and oxygen atoms in total. The van der Waals surface area contributed by atoms with Gasteiger partial charge in [0.15, 0.2) is 5.75 Å². The monoisotopic (exact) mass is 348 g/mol. The third-order valence-corrected chi connectivity index (χ3v) is 4.80. The van der Waals surface area contributed by atoms with E-state index in [4.69, 9.17) is 10.5 Å². The van der Waals surface area contributed by atoms with E-state index in [0.29, 0.717) is 37.1 Å². The Morgan fingerprint density at radius 2 is 2.24 bits per heavy atom. The Labute approximate surface area is 151 Å². The minimum atomic E-state index is 0.0899. The van der Waals surface area contributed by atoms with Crippen LogP contribution in [0.15, 0.2) is 12.4 Å². The van der Waals surface area contributed by atoms with E-state index in [2.05, 4.69) is 29.2 Å². The second-order valence-corrected chi connectivity index (χ2v) is 6.79. The first-order valence-corrected chi connectivity index (χ1v) is 9.46. The van der Waals surface area contributed by atoms with E-state index in [0.717, 1.165) is 31.4 Å². The molecule has 2 rings (SSSR count). The lowest BCUT2D eigenvalue weighted by Gasteiger charge is -2.22. The molecule has 1 atom stereocenters. The van der Waals surface area contributed by atoms with E-state index < -0.39 is 0 Å². The molecule has 3 N–H and O–H groups in total. The number of ether oxygens (including phenoxy) is 1. The number of hydrogen-bond donors (Lipinski definition) is 2. The Kier molecular flexibility index (Phi) is 7.98. The van der Waals surface area contributed by atoms with Crippen molar-refractivity contribution in [3.8, 4) is 5.75 Å². The van der Waals surface area contributed by atoms with Crippen LogP contribution in [0.1, 0.15) is 63.5 Å². The first-order chi connectivity index (χ1) is 12.1. The van der Waals surface area contributed by atoms with Gasteiger partial charge in [-0.15, -0.1) is 0 Å². The molecule has 6 heteroatoms. The van der Waals surface area contributed by atoms with Crippen LogP contribution in [0, 0.1) is 0 Å². The van der Waals surface area contributed by atoms with Gasteiger partial charge in [0.25, 0.3) is 0 Å². The summed E-state index contributed by atoms with van der Waals surface area (Å²) in [5.41, 5.74) is 7.99. The van der Waals surface area contributed by atoms with Crippen LogP contribution in [0.3, 0.4) is 0 Å². The maximum Gasteiger partial charge on any atom is 0.220 e. The van der Waals surface area contributed by atoms with Crippen molar-refractivity contribution in [2.45, 2.75) is 57.9 Å². The number of nitrogens with two attached hydrogens (primary N) is 1. The number of hydrogen-bond acceptors (Lipinski definition) is 5. The fourth-order valence-corrected chi connectivity index (χ4v) is 3.30. The van der Waals surface area contributed by atoms with Crippen molar-refractivity contribution < 1.29 is 9.53 Å². The molecule has 1 amide bonds. The normalized spacial score (nSPS) is 17.6. The summed E-state index contributed by atoms with van der Waals surface area (Å²) in [6.45, 7) is 4.13. The molecule has 0 saturated carbocycles. The van der Waals surface area contributed by atoms with Crippen LogP contribution in [0.2, 0.25) is 0 Å². The van der Waals surface area contributed by atoms with Crippen molar-refractivity contribution in [2.24, 2.45) is 0 Å². The van der Waals surface area contributed by atoms with Crippen LogP contribution < -0.4 is 15.8 Å². The van der Waals surface area contributed by atoms with E-state index in [1.807, 2.05) is 6.20 Å². The van der Waals surface area contributed by atoms with E-state index in [1.165, 1.54) is 19.3 Å². The number of rotatable bonds is 10. The van der Waals surface area contributed by atoms with Crippen LogP contribution in [0.25, 0.3) is 0 Å². The summed E-state index contributed by atoms with van der Waals surface area (Å²) in [7, 11) is 2.11. The molecular formula is C19H32N4O2. The van der Waals surface area contributed by atoms with E-state index in [-0.39, 0.29) is 5.91 Å². The van der Waals surface area contributed by atoms with E-state index >= 15 is 0 Å². The molecule has 0 aliphatic carbocycles. The molecule has 1 aromatic heterocycles. The average molecular weight is 348 g/mol. The molecule has 140 valence electrons. The summed E-state index contributed by atoms with van der Waals surface area (Å²) in [6, 6.07) is 0.318. The van der Waals surface area contributed by atoms with Gasteiger partial charge in [0.1, 0.15) is 6.61 Å². The lowest BCUT2D eigenvalue weighted by Crippen LogP contribution is -2.28. The predicted molar refractivity (Wildman–Crippen MR) is 101 cm³/mol. The molecule has 2 heterocycles. The number of nitrogen functional groups attached to an aromatic ring is 1. The Balaban J connectivity index is 1.75. The van der Waals surface area contributed by atoms with Crippen LogP contribution >= 0.6 is 0 Å². The zero-order valence-electron chi connectivity index (χ0n) is 15.6. The standard InChI is InChI=1S/C19H32N4O2/c1-3-4-5-6-9-18(24)22-10-12-25-17-14-21-13-15(19(17)20)16-8-7-11-23(16)2/h13-14,16H,3-12H2,1-2H3,(H2,20,21)(H,22,24)/t16-/m0/s1. The van der Waals surface area contributed by atoms with Gasteiger partial charge in [0, 0.05) is 24.2 Å². The lowest BCUT2D eigenvalue weighted by atomic mass is 10.0. The summed E-state index contributed by atoms with van der Waals surface area (Å²) >= 11 is 0. The first kappa shape index (κ1) is 19.5. The quantitative estimate of drug-likeness (QED) is 0.636. The van der Waals surface area contributed by atoms with Crippen LogP contribution in [0.4, 0.5) is 5.69 Å². The second kappa shape index (κ2) is 10.2. The van der Waals surface area contributed by atoms with E-state index in [1.54, 1.807) is 6.20 Å². The van der Waals surface area contributed by atoms with Gasteiger partial charge in [0.2, 0.25) is 5.91 Å². The van der Waals surface area contributed by atoms with Crippen LogP contribution in [0.5, 0.6) is 5.75 Å². The molecule has 1 saturated heterocycles. The number of amides is 1. The topological polar surface area (TPSA) is 80.5 Å². The zero-order chi connectivity index (χ0) is 18.1. The summed E-state index contributed by atoms with van der Waals surface area (Å²) in [4.78, 5) is 18.3. The third-order valence-electron chi connectivity index (χ3n) is 4.80. The third kappa shape index (κ3) is 5.88. The van der Waals surface area contributed by atoms with Crippen molar-refractivity contribution in [3.63, 3.8) is 0 Å². The number of carbonyl (C=O) groups excluding carboxylic acids is 1. The zero-order valence-corrected chi connectivity index (χ0v) is 15.6. The average Bonchev–Trinajstić information content (AvgIpc) is 3.03. The van der Waals surface area contributed by atoms with Crippen molar-refractivity contribution in [1.82, 2.24) is 15.2 Å². The molecular weight excluding hydrogens is 316 g/mol. The SMILES string of the molecule is CCCCCCC(=O)NCCOc1cncc([C@@H]2CCCN2C)c1N. The Morgan fingerprint density at radius 1 is 1.40 bits per heavy atom. The first-order valence-electron chi connectivity index (χ1n) is 9.46. The highest BCUT2D eigenvalue weighted by Gasteiger charge is 2.25. The number of nitrogens with one attached hydrogen (secondary N) is 1. The molecule has 1 aliphatic heterocycles. The summed E-state index contributed by atoms with van der Waals surface area (Å²) in [5.74, 6) is 0.696. The maximum atomic E-state index is 11.7. The Morgan fingerprint density at radius 3 is 2.96 bits per heavy atom. The molecule has 0 unspecified atom stereocenters. The molecule has 1 aliphatic rings. The van der Waals surface area contributed by atoms with E-state index in [9.17, 15) is 4.79 Å². The van der Waals surface area contributed by atoms with Crippen molar-refractivity contribution >= 4 is 11.6 Å². The number of nitrogens with zero attached hydrogens (tertiary/aromatic N) is 2. The number of carbonyl (C=O) groups is 1. The lowest BCUT2D eigenvalue weighted by molar-refractivity contribution is -0.121. The van der Waals surface area contributed by atoms with Gasteiger partial charge < -0.3 is 15.8 Å². The molecule has 25 heavy (non-hydrogen) atoms. The predicted octanol–water partition coefficient (Wildman–Crippen LogP) is 2.90. The van der Waals surface area contributed by atoms with Gasteiger partial charge in [-0.25, -0.2) is 0 Å². The molecule has 0 spiro atoms. The molecule has 1 fully saturated rings. The molecule has 1 aromatic rings. The number of unbranched alkanes of at least 4 members (excludes halogenated alkanes) is 3. The molecule has 0 radical (unpaired) electrons. The Hall–Kier alpha value is -1.82. The largest absolute Gasteiger partial charge is 0.488 e. The summed E-state index contributed by atoms with van der Waals surface area (Å²) < 4.78 is 5.74. The van der Waals surface area contributed by atoms with Gasteiger partial charge in [-0.3, -0.25) is 14.7 Å². The van der Waals surface area contributed by atoms with Gasteiger partial charge in [-0.1, -0.05) is 26.2 Å². The Bertz CT molecular complexity index is 550. The van der Waals surface area contributed by atoms with Gasteiger partial charge in [-0.2, -0.15) is 0 Å². The highest BCUT2D eigenvalue weighted by atomic mass is 16.5. The minimum Gasteiger partial charge on any atom is -0.488 e. The minimum absolute atomic E-state index is 0.0899.